The van der Waals surface area contributed by atoms with Crippen LogP contribution in [0.1, 0.15) is 32.0 Å². The first kappa shape index (κ1) is 19.5. The number of alkyl halides is 3. The molecule has 0 saturated carbocycles. The molecule has 0 spiro atoms. The van der Waals surface area contributed by atoms with Crippen LogP contribution in [0.5, 0.6) is 0 Å². The van der Waals surface area contributed by atoms with Crippen molar-refractivity contribution in [3.8, 4) is 0 Å². The van der Waals surface area contributed by atoms with Crippen LogP contribution in [-0.4, -0.2) is 27.6 Å². The topological polar surface area (TPSA) is 87.1 Å². The van der Waals surface area contributed by atoms with E-state index in [1.54, 1.807) is 12.1 Å². The van der Waals surface area contributed by atoms with Crippen molar-refractivity contribution < 1.29 is 23.1 Å². The van der Waals surface area contributed by atoms with Crippen molar-refractivity contribution in [1.29, 1.82) is 0 Å². The summed E-state index contributed by atoms with van der Waals surface area (Å²) in [5.74, 6) is -1.75. The molecular weight excluding hydrogens is 349 g/mol. The highest BCUT2D eigenvalue weighted by atomic mass is 19.4. The lowest BCUT2D eigenvalue weighted by Gasteiger charge is -2.19. The zero-order valence-electron chi connectivity index (χ0n) is 14.5. The third-order valence-corrected chi connectivity index (χ3v) is 3.44. The summed E-state index contributed by atoms with van der Waals surface area (Å²) in [5.41, 5.74) is 0.402. The number of rotatable bonds is 5. The maximum Gasteiger partial charge on any atom is 0.433 e. The zero-order chi connectivity index (χ0) is 19.5. The van der Waals surface area contributed by atoms with E-state index in [2.05, 4.69) is 41.4 Å². The lowest BCUT2D eigenvalue weighted by molar-refractivity contribution is -0.141. The Kier molecular flexibility index (Phi) is 5.38. The van der Waals surface area contributed by atoms with Gasteiger partial charge in [0.1, 0.15) is 12.4 Å². The number of hydrogen-bond acceptors (Lipinski definition) is 5. The summed E-state index contributed by atoms with van der Waals surface area (Å²) in [6.07, 6.45) is -4.69. The summed E-state index contributed by atoms with van der Waals surface area (Å²) in [5, 5.41) is 13.7. The molecule has 0 unspecified atom stereocenters. The largest absolute Gasteiger partial charge is 0.480 e. The monoisotopic (exact) mass is 368 g/mol. The second-order valence-electron chi connectivity index (χ2n) is 6.66. The molecule has 26 heavy (non-hydrogen) atoms. The molecule has 9 heteroatoms. The van der Waals surface area contributed by atoms with Gasteiger partial charge in [-0.2, -0.15) is 18.2 Å². The maximum atomic E-state index is 13.0. The number of nitrogens with one attached hydrogen (secondary N) is 2. The maximum absolute atomic E-state index is 13.0. The molecule has 140 valence electrons. The Hall–Kier alpha value is -2.84. The quantitative estimate of drug-likeness (QED) is 0.739. The number of carbonyl (C=O) groups is 1. The van der Waals surface area contributed by atoms with Gasteiger partial charge in [0, 0.05) is 11.8 Å². The molecule has 3 N–H and O–H groups in total. The number of hydrogen-bond donors (Lipinski definition) is 3. The van der Waals surface area contributed by atoms with E-state index in [1.807, 2.05) is 12.1 Å². The minimum atomic E-state index is -4.69. The van der Waals surface area contributed by atoms with Gasteiger partial charge in [0.05, 0.1) is 0 Å². The third-order valence-electron chi connectivity index (χ3n) is 3.44. The van der Waals surface area contributed by atoms with E-state index in [0.29, 0.717) is 5.69 Å². The molecule has 0 atom stereocenters. The molecule has 0 fully saturated rings. The van der Waals surface area contributed by atoms with Crippen LogP contribution in [0, 0.1) is 0 Å². The van der Waals surface area contributed by atoms with Gasteiger partial charge in [0.2, 0.25) is 5.95 Å². The van der Waals surface area contributed by atoms with Gasteiger partial charge in [-0.05, 0) is 23.1 Å². The number of carboxylic acids is 1. The molecule has 0 amide bonds. The molecule has 6 nitrogen and oxygen atoms in total. The van der Waals surface area contributed by atoms with Crippen molar-refractivity contribution in [2.24, 2.45) is 0 Å². The van der Waals surface area contributed by atoms with Gasteiger partial charge in [-0.15, -0.1) is 0 Å². The number of anilines is 3. The van der Waals surface area contributed by atoms with Gasteiger partial charge in [-0.1, -0.05) is 32.9 Å². The lowest BCUT2D eigenvalue weighted by Crippen LogP contribution is -2.17. The molecule has 0 radical (unpaired) electrons. The van der Waals surface area contributed by atoms with Crippen LogP contribution in [0.25, 0.3) is 0 Å². The SMILES string of the molecule is CC(C)(C)c1ccc(Nc2cc(C(F)(F)F)nc(NCC(=O)O)n2)cc1. The fraction of sp³-hybridized carbons (Fsp3) is 0.353. The van der Waals surface area contributed by atoms with Crippen LogP contribution < -0.4 is 10.6 Å². The molecule has 2 rings (SSSR count). The van der Waals surface area contributed by atoms with Gasteiger partial charge in [-0.3, -0.25) is 4.79 Å². The van der Waals surface area contributed by atoms with E-state index >= 15 is 0 Å². The second-order valence-corrected chi connectivity index (χ2v) is 6.66. The van der Waals surface area contributed by atoms with Crippen molar-refractivity contribution in [1.82, 2.24) is 9.97 Å². The van der Waals surface area contributed by atoms with E-state index in [0.717, 1.165) is 11.6 Å². The fourth-order valence-corrected chi connectivity index (χ4v) is 2.09. The zero-order valence-corrected chi connectivity index (χ0v) is 14.5. The Balaban J connectivity index is 2.29. The summed E-state index contributed by atoms with van der Waals surface area (Å²) < 4.78 is 39.0. The highest BCUT2D eigenvalue weighted by Gasteiger charge is 2.33. The molecule has 0 aliphatic carbocycles. The van der Waals surface area contributed by atoms with E-state index in [1.165, 1.54) is 0 Å². The van der Waals surface area contributed by atoms with E-state index in [9.17, 15) is 18.0 Å². The normalized spacial score (nSPS) is 11.9. The van der Waals surface area contributed by atoms with Crippen LogP contribution in [0.4, 0.5) is 30.6 Å². The molecule has 1 aromatic carbocycles. The predicted octanol–water partition coefficient (Wildman–Crippen LogP) is 4.03. The fourth-order valence-electron chi connectivity index (χ4n) is 2.09. The minimum absolute atomic E-state index is 0.0508. The van der Waals surface area contributed by atoms with Gasteiger partial charge in [0.25, 0.3) is 0 Å². The predicted molar refractivity (Wildman–Crippen MR) is 91.6 cm³/mol. The molecule has 2 aromatic rings. The molecule has 0 aliphatic heterocycles. The van der Waals surface area contributed by atoms with E-state index < -0.39 is 30.3 Å². The first-order chi connectivity index (χ1) is 11.9. The van der Waals surface area contributed by atoms with Crippen molar-refractivity contribution >= 4 is 23.4 Å². The van der Waals surface area contributed by atoms with Crippen LogP contribution >= 0.6 is 0 Å². The second kappa shape index (κ2) is 7.19. The Morgan fingerprint density at radius 1 is 1.12 bits per heavy atom. The van der Waals surface area contributed by atoms with Crippen molar-refractivity contribution in [3.63, 3.8) is 0 Å². The molecule has 1 aromatic heterocycles. The Labute approximate surface area is 148 Å². The highest BCUT2D eigenvalue weighted by molar-refractivity contribution is 5.72. The van der Waals surface area contributed by atoms with Crippen LogP contribution in [0.15, 0.2) is 30.3 Å². The van der Waals surface area contributed by atoms with Crippen LogP contribution in [-0.2, 0) is 16.4 Å². The van der Waals surface area contributed by atoms with Gasteiger partial charge >= 0.3 is 12.1 Å². The lowest BCUT2D eigenvalue weighted by atomic mass is 9.87. The average Bonchev–Trinajstić information content (AvgIpc) is 2.51. The Bertz CT molecular complexity index is 784. The summed E-state index contributed by atoms with van der Waals surface area (Å²) in [6, 6.07) is 7.99. The molecule has 0 bridgehead atoms. The Morgan fingerprint density at radius 2 is 1.73 bits per heavy atom. The summed E-state index contributed by atoms with van der Waals surface area (Å²) >= 11 is 0. The average molecular weight is 368 g/mol. The standard InChI is InChI=1S/C17H19F3N4O2/c1-16(2,3)10-4-6-11(7-5-10)22-13-8-12(17(18,19)20)23-15(24-13)21-9-14(25)26/h4-8H,9H2,1-3H3,(H,25,26)(H2,21,22,23,24). The smallest absolute Gasteiger partial charge is 0.433 e. The van der Waals surface area contributed by atoms with E-state index in [4.69, 9.17) is 5.11 Å². The first-order valence-corrected chi connectivity index (χ1v) is 7.74. The van der Waals surface area contributed by atoms with Crippen molar-refractivity contribution in [2.75, 3.05) is 17.2 Å². The summed E-state index contributed by atoms with van der Waals surface area (Å²) in [4.78, 5) is 17.8. The summed E-state index contributed by atoms with van der Waals surface area (Å²) in [7, 11) is 0. The first-order valence-electron chi connectivity index (χ1n) is 7.74. The number of nitrogens with zero attached hydrogens (tertiary/aromatic N) is 2. The molecule has 0 aliphatic rings. The van der Waals surface area contributed by atoms with Gasteiger partial charge in [0.15, 0.2) is 5.69 Å². The van der Waals surface area contributed by atoms with Gasteiger partial charge < -0.3 is 15.7 Å². The minimum Gasteiger partial charge on any atom is -0.480 e. The number of carboxylic acid groups (broad SMARTS) is 1. The molecule has 1 heterocycles. The molecular formula is C17H19F3N4O2. The highest BCUT2D eigenvalue weighted by Crippen LogP contribution is 2.31. The summed E-state index contributed by atoms with van der Waals surface area (Å²) in [6.45, 7) is 5.56. The number of benzene rings is 1. The Morgan fingerprint density at radius 3 is 2.23 bits per heavy atom. The third kappa shape index (κ3) is 5.33. The van der Waals surface area contributed by atoms with Gasteiger partial charge in [-0.25, -0.2) is 4.98 Å². The van der Waals surface area contributed by atoms with E-state index in [-0.39, 0.29) is 11.2 Å². The van der Waals surface area contributed by atoms with Crippen molar-refractivity contribution in [3.05, 3.63) is 41.6 Å². The van der Waals surface area contributed by atoms with Crippen LogP contribution in [0.3, 0.4) is 0 Å². The number of halogens is 3. The molecule has 0 saturated heterocycles. The number of aromatic nitrogens is 2. The van der Waals surface area contributed by atoms with Crippen molar-refractivity contribution in [2.45, 2.75) is 32.4 Å². The van der Waals surface area contributed by atoms with Crippen LogP contribution in [0.2, 0.25) is 0 Å². The number of aliphatic carboxylic acids is 1.